The van der Waals surface area contributed by atoms with E-state index in [2.05, 4.69) is 53.9 Å². The van der Waals surface area contributed by atoms with Crippen LogP contribution in [0, 0.1) is 12.3 Å². The summed E-state index contributed by atoms with van der Waals surface area (Å²) in [6.07, 6.45) is 0.0144. The van der Waals surface area contributed by atoms with Crippen molar-refractivity contribution in [2.24, 2.45) is 5.41 Å². The first-order valence-electron chi connectivity index (χ1n) is 26.5. The Balaban J connectivity index is 0.695. The van der Waals surface area contributed by atoms with Crippen LogP contribution in [0.3, 0.4) is 0 Å². The van der Waals surface area contributed by atoms with Crippen molar-refractivity contribution >= 4 is 63.8 Å². The number of halogens is 1. The van der Waals surface area contributed by atoms with Crippen LogP contribution in [0.4, 0.5) is 11.4 Å². The molecule has 3 saturated heterocycles. The molecule has 0 bridgehead atoms. The van der Waals surface area contributed by atoms with Crippen LogP contribution in [0.5, 0.6) is 0 Å². The molecule has 4 aliphatic rings. The number of hydrogen-bond acceptors (Lipinski definition) is 12. The fraction of sp³-hybridized carbons (Fsp3) is 0.448. The van der Waals surface area contributed by atoms with Crippen molar-refractivity contribution in [3.63, 3.8) is 0 Å². The highest BCUT2D eigenvalue weighted by atomic mass is 35.5. The van der Waals surface area contributed by atoms with E-state index >= 15 is 0 Å². The molecule has 0 spiro atoms. The fourth-order valence-electron chi connectivity index (χ4n) is 11.1. The van der Waals surface area contributed by atoms with Gasteiger partial charge in [-0.15, -0.1) is 11.3 Å². The predicted molar refractivity (Wildman–Crippen MR) is 299 cm³/mol. The van der Waals surface area contributed by atoms with Crippen molar-refractivity contribution in [3.05, 3.63) is 124 Å². The molecule has 402 valence electrons. The Morgan fingerprint density at radius 2 is 1.51 bits per heavy atom. The van der Waals surface area contributed by atoms with Gasteiger partial charge in [-0.1, -0.05) is 74.8 Å². The predicted octanol–water partition coefficient (Wildman–Crippen LogP) is 6.58. The van der Waals surface area contributed by atoms with E-state index in [0.29, 0.717) is 36.3 Å². The second-order valence-electron chi connectivity index (χ2n) is 22.0. The van der Waals surface area contributed by atoms with Gasteiger partial charge in [-0.05, 0) is 102 Å². The zero-order valence-electron chi connectivity index (χ0n) is 44.4. The smallest absolute Gasteiger partial charge is 0.251 e. The summed E-state index contributed by atoms with van der Waals surface area (Å²) in [6, 6.07) is 28.1. The molecule has 4 aliphatic heterocycles. The lowest BCUT2D eigenvalue weighted by Gasteiger charge is -2.48. The van der Waals surface area contributed by atoms with Gasteiger partial charge in [0.05, 0.1) is 34.8 Å². The summed E-state index contributed by atoms with van der Waals surface area (Å²) < 4.78 is 0. The van der Waals surface area contributed by atoms with Crippen LogP contribution in [0.25, 0.3) is 21.6 Å². The summed E-state index contributed by atoms with van der Waals surface area (Å²) >= 11 is 7.74. The van der Waals surface area contributed by atoms with E-state index in [0.717, 1.165) is 88.9 Å². The van der Waals surface area contributed by atoms with E-state index in [1.807, 2.05) is 123 Å². The van der Waals surface area contributed by atoms with Gasteiger partial charge in [0.15, 0.2) is 0 Å². The topological polar surface area (TPSA) is 183 Å². The van der Waals surface area contributed by atoms with Gasteiger partial charge in [-0.3, -0.25) is 38.7 Å². The first kappa shape index (κ1) is 54.6. The standard InChI is InChI=1S/C58H71ClN10O6S/c1-36-27-49(63-45-18-16-44(59)17-19-45)48-28-43(15-20-50(48)69(36)38(3)70)40-11-13-42(14-12-40)55(73)60-21-22-66-31-46(32-66)67-25-23-65(24-26-67)34-52(72)64-54(58(4,5)6)57(75)68-33-47(71)29-51(68)56(74)61-30-39-7-9-41(10-8-39)53-37(2)62-35-76-53/h7-20,28,35-36,46-47,49,51,54,63,71H,21-27,29-34H2,1-6H3,(H,60,73)(H,61,74)(H,64,72)/t36-,47+,49+,51-,54+/m0/s1. The van der Waals surface area contributed by atoms with Crippen LogP contribution in [-0.4, -0.2) is 155 Å². The monoisotopic (exact) mass is 1070 g/mol. The maximum absolute atomic E-state index is 14.2. The van der Waals surface area contributed by atoms with Gasteiger partial charge >= 0.3 is 0 Å². The van der Waals surface area contributed by atoms with Crippen molar-refractivity contribution < 1.29 is 29.1 Å². The first-order valence-corrected chi connectivity index (χ1v) is 27.7. The number of carbonyl (C=O) groups is 5. The lowest BCUT2D eigenvalue weighted by Crippen LogP contribution is -2.64. The van der Waals surface area contributed by atoms with Crippen LogP contribution in [-0.2, 0) is 25.7 Å². The Labute approximate surface area is 455 Å². The van der Waals surface area contributed by atoms with Crippen molar-refractivity contribution in [2.45, 2.75) is 97.2 Å². The maximum Gasteiger partial charge on any atom is 0.251 e. The molecule has 5 aromatic rings. The van der Waals surface area contributed by atoms with Crippen LogP contribution in [0.1, 0.15) is 80.7 Å². The molecule has 5 amide bonds. The van der Waals surface area contributed by atoms with Gasteiger partial charge in [-0.25, -0.2) is 4.98 Å². The Kier molecular flexibility index (Phi) is 16.9. The number of carbonyl (C=O) groups excluding carboxylic acids is 5. The van der Waals surface area contributed by atoms with E-state index in [9.17, 15) is 29.1 Å². The number of nitrogens with one attached hydrogen (secondary N) is 4. The molecule has 0 unspecified atom stereocenters. The minimum Gasteiger partial charge on any atom is -0.391 e. The number of benzene rings is 4. The van der Waals surface area contributed by atoms with Crippen LogP contribution in [0.15, 0.2) is 96.5 Å². The molecular formula is C58H71ClN10O6S. The van der Waals surface area contributed by atoms with Gasteiger partial charge in [0.2, 0.25) is 23.6 Å². The van der Waals surface area contributed by atoms with Crippen molar-refractivity contribution in [1.82, 2.24) is 40.5 Å². The molecular weight excluding hydrogens is 1000 g/mol. The second-order valence-corrected chi connectivity index (χ2v) is 23.2. The van der Waals surface area contributed by atoms with Crippen LogP contribution in [0.2, 0.25) is 5.02 Å². The van der Waals surface area contributed by atoms with E-state index in [1.165, 1.54) is 4.90 Å². The number of nitrogens with zero attached hydrogens (tertiary/aromatic N) is 6. The lowest BCUT2D eigenvalue weighted by atomic mass is 9.85. The zero-order valence-corrected chi connectivity index (χ0v) is 45.9. The van der Waals surface area contributed by atoms with Crippen molar-refractivity contribution in [3.8, 4) is 21.6 Å². The highest BCUT2D eigenvalue weighted by Gasteiger charge is 2.45. The molecule has 0 radical (unpaired) electrons. The average molecular weight is 1070 g/mol. The lowest BCUT2D eigenvalue weighted by molar-refractivity contribution is -0.144. The van der Waals surface area contributed by atoms with Crippen LogP contribution >= 0.6 is 22.9 Å². The van der Waals surface area contributed by atoms with Gasteiger partial charge in [-0.2, -0.15) is 0 Å². The number of amides is 5. The summed E-state index contributed by atoms with van der Waals surface area (Å²) in [5.74, 6) is -1.09. The number of thiazole rings is 1. The Morgan fingerprint density at radius 3 is 2.17 bits per heavy atom. The number of aryl methyl sites for hydroxylation is 1. The van der Waals surface area contributed by atoms with E-state index in [4.69, 9.17) is 11.6 Å². The minimum absolute atomic E-state index is 0.00712. The number of rotatable bonds is 16. The number of β-amino-alcohol motifs (C(OH)–C–C–N with tert-alkyl or cyclic N) is 1. The molecule has 76 heavy (non-hydrogen) atoms. The molecule has 0 aliphatic carbocycles. The van der Waals surface area contributed by atoms with Gasteiger partial charge in [0, 0.05) is 113 Å². The molecule has 3 fully saturated rings. The SMILES string of the molecule is CC(=O)N1c2ccc(-c3ccc(C(=O)NCCN4CC(N5CCN(CC(=O)N[C@H](C(=O)N6C[C@H](O)C[C@H]6C(=O)NCc6ccc(-c7scnc7C)cc6)C(C)(C)C)CC5)C4)cc3)cc2[C@H](Nc2ccc(Cl)cc2)C[C@@H]1C. The first-order chi connectivity index (χ1) is 36.4. The third-order valence-electron chi connectivity index (χ3n) is 15.3. The van der Waals surface area contributed by atoms with Crippen LogP contribution < -0.4 is 26.2 Å². The van der Waals surface area contributed by atoms with Crippen molar-refractivity contribution in [2.75, 3.05) is 75.7 Å². The van der Waals surface area contributed by atoms with E-state index in [1.54, 1.807) is 18.3 Å². The molecule has 9 rings (SSSR count). The zero-order chi connectivity index (χ0) is 53.8. The number of hydrogen-bond donors (Lipinski definition) is 5. The van der Waals surface area contributed by atoms with Gasteiger partial charge in [0.1, 0.15) is 12.1 Å². The Morgan fingerprint density at radius 1 is 0.829 bits per heavy atom. The second kappa shape index (κ2) is 23.6. The Bertz CT molecular complexity index is 2880. The number of fused-ring (bicyclic) bond motifs is 1. The molecule has 5 atom stereocenters. The number of aliphatic hydroxyl groups is 1. The molecule has 0 saturated carbocycles. The summed E-state index contributed by atoms with van der Waals surface area (Å²) in [7, 11) is 0. The largest absolute Gasteiger partial charge is 0.391 e. The maximum atomic E-state index is 14.2. The minimum atomic E-state index is -0.896. The van der Waals surface area contributed by atoms with Crippen molar-refractivity contribution in [1.29, 1.82) is 0 Å². The number of aliphatic hydroxyl groups excluding tert-OH is 1. The highest BCUT2D eigenvalue weighted by Crippen LogP contribution is 2.41. The number of likely N-dealkylation sites (tertiary alicyclic amines) is 2. The third kappa shape index (κ3) is 12.8. The number of piperazine rings is 1. The molecule has 4 aromatic carbocycles. The highest BCUT2D eigenvalue weighted by molar-refractivity contribution is 7.13. The normalized spacial score (nSPS) is 20.8. The molecule has 18 heteroatoms. The number of anilines is 2. The summed E-state index contributed by atoms with van der Waals surface area (Å²) in [5.41, 5.74) is 9.56. The summed E-state index contributed by atoms with van der Waals surface area (Å²) in [6.45, 7) is 17.9. The summed E-state index contributed by atoms with van der Waals surface area (Å²) in [5, 5.41) is 24.1. The average Bonchev–Trinajstić information content (AvgIpc) is 4.02. The van der Waals surface area contributed by atoms with E-state index < -0.39 is 23.6 Å². The summed E-state index contributed by atoms with van der Waals surface area (Å²) in [4.78, 5) is 83.0. The molecule has 16 nitrogen and oxygen atoms in total. The number of aromatic nitrogens is 1. The van der Waals surface area contributed by atoms with E-state index in [-0.39, 0.29) is 67.7 Å². The van der Waals surface area contributed by atoms with Gasteiger partial charge in [0.25, 0.3) is 5.91 Å². The quantitative estimate of drug-likeness (QED) is 0.0721. The molecule has 1 aromatic heterocycles. The third-order valence-corrected chi connectivity index (χ3v) is 16.6. The molecule has 5 N–H and O–H groups in total. The fourth-order valence-corrected chi connectivity index (χ4v) is 12.0. The molecule has 5 heterocycles. The van der Waals surface area contributed by atoms with Gasteiger partial charge < -0.3 is 36.2 Å². The Hall–Kier alpha value is -6.21.